The van der Waals surface area contributed by atoms with Crippen molar-refractivity contribution in [2.45, 2.75) is 19.8 Å². The van der Waals surface area contributed by atoms with Crippen LogP contribution in [-0.4, -0.2) is 66.5 Å². The van der Waals surface area contributed by atoms with Gasteiger partial charge >= 0.3 is 0 Å². The van der Waals surface area contributed by atoms with Gasteiger partial charge in [0.05, 0.1) is 6.54 Å². The monoisotopic (exact) mass is 270 g/mol. The molecule has 0 spiro atoms. The summed E-state index contributed by atoms with van der Waals surface area (Å²) in [7, 11) is 0. The Morgan fingerprint density at radius 2 is 2.11 bits per heavy atom. The molecule has 2 N–H and O–H groups in total. The molecule has 2 rings (SSSR count). The summed E-state index contributed by atoms with van der Waals surface area (Å²) in [5.74, 6) is 4.05. The molecule has 1 unspecified atom stereocenters. The number of hydrogen-bond acceptors (Lipinski definition) is 3. The van der Waals surface area contributed by atoms with Gasteiger partial charge in [0.1, 0.15) is 0 Å². The molecule has 2 aliphatic heterocycles. The molecule has 0 radical (unpaired) electrons. The zero-order valence-corrected chi connectivity index (χ0v) is 12.3. The predicted molar refractivity (Wildman–Crippen MR) is 80.2 cm³/mol. The van der Waals surface area contributed by atoms with Crippen LogP contribution in [-0.2, 0) is 0 Å². The minimum atomic E-state index is 0.756. The van der Waals surface area contributed by atoms with E-state index in [-0.39, 0.29) is 0 Å². The highest BCUT2D eigenvalue weighted by Gasteiger charge is 2.17. The van der Waals surface area contributed by atoms with Gasteiger partial charge in [0.2, 0.25) is 0 Å². The topological polar surface area (TPSA) is 44.9 Å². The fourth-order valence-corrected chi connectivity index (χ4v) is 3.61. The van der Waals surface area contributed by atoms with Crippen LogP contribution in [0.3, 0.4) is 0 Å². The van der Waals surface area contributed by atoms with E-state index in [0.717, 1.165) is 38.1 Å². The van der Waals surface area contributed by atoms with Gasteiger partial charge in [-0.1, -0.05) is 6.92 Å². The first-order valence-electron chi connectivity index (χ1n) is 7.10. The Kier molecular flexibility index (Phi) is 5.63. The van der Waals surface area contributed by atoms with E-state index >= 15 is 0 Å². The third kappa shape index (κ3) is 4.35. The Balaban J connectivity index is 1.70. The van der Waals surface area contributed by atoms with Gasteiger partial charge in [0, 0.05) is 44.2 Å². The van der Waals surface area contributed by atoms with E-state index in [0.29, 0.717) is 0 Å². The first-order valence-corrected chi connectivity index (χ1v) is 8.26. The normalized spacial score (nSPS) is 27.5. The van der Waals surface area contributed by atoms with Crippen LogP contribution in [0.4, 0.5) is 0 Å². The minimum absolute atomic E-state index is 0.756. The van der Waals surface area contributed by atoms with Crippen LogP contribution in [0.2, 0.25) is 0 Å². The van der Waals surface area contributed by atoms with Crippen molar-refractivity contribution in [1.29, 1.82) is 0 Å². The molecule has 0 aliphatic carbocycles. The number of hydrogen-bond donors (Lipinski definition) is 1. The number of rotatable bonds is 3. The lowest BCUT2D eigenvalue weighted by atomic mass is 10.0. The molecule has 4 nitrogen and oxygen atoms in total. The lowest BCUT2D eigenvalue weighted by molar-refractivity contribution is 0.269. The maximum atomic E-state index is 6.08. The maximum absolute atomic E-state index is 6.08. The molecule has 18 heavy (non-hydrogen) atoms. The SMILES string of the molecule is CC1CCCN(C(N)=NCCN2CCSCC2)C1. The molecular weight excluding hydrogens is 244 g/mol. The molecule has 0 bridgehead atoms. The number of thioether (sulfide) groups is 1. The Morgan fingerprint density at radius 3 is 2.83 bits per heavy atom. The number of aliphatic imine (C=N–C) groups is 1. The van der Waals surface area contributed by atoms with Crippen LogP contribution in [0.25, 0.3) is 0 Å². The van der Waals surface area contributed by atoms with Crippen molar-refractivity contribution in [2.24, 2.45) is 16.6 Å². The summed E-state index contributed by atoms with van der Waals surface area (Å²) in [6.45, 7) is 8.79. The largest absolute Gasteiger partial charge is 0.370 e. The Bertz CT molecular complexity index is 276. The van der Waals surface area contributed by atoms with Gasteiger partial charge in [-0.15, -0.1) is 0 Å². The van der Waals surface area contributed by atoms with Crippen molar-refractivity contribution in [1.82, 2.24) is 9.80 Å². The van der Waals surface area contributed by atoms with Gasteiger partial charge in [0.15, 0.2) is 5.96 Å². The highest BCUT2D eigenvalue weighted by Crippen LogP contribution is 2.14. The molecule has 0 aromatic rings. The Morgan fingerprint density at radius 1 is 1.33 bits per heavy atom. The molecule has 0 aromatic heterocycles. The zero-order valence-electron chi connectivity index (χ0n) is 11.5. The number of likely N-dealkylation sites (tertiary alicyclic amines) is 1. The molecule has 2 heterocycles. The number of nitrogens with zero attached hydrogens (tertiary/aromatic N) is 3. The Labute approximate surface area is 115 Å². The number of piperidine rings is 1. The average molecular weight is 270 g/mol. The standard InChI is InChI=1S/C13H26N4S/c1-12-3-2-5-17(11-12)13(14)15-4-6-16-7-9-18-10-8-16/h12H,2-11H2,1H3,(H2,14,15). The lowest BCUT2D eigenvalue weighted by Gasteiger charge is -2.32. The summed E-state index contributed by atoms with van der Waals surface area (Å²) in [6, 6.07) is 0. The summed E-state index contributed by atoms with van der Waals surface area (Å²) in [6.07, 6.45) is 2.58. The molecule has 1 atom stereocenters. The minimum Gasteiger partial charge on any atom is -0.370 e. The van der Waals surface area contributed by atoms with Crippen LogP contribution in [0.1, 0.15) is 19.8 Å². The predicted octanol–water partition coefficient (Wildman–Crippen LogP) is 1.08. The molecule has 0 aromatic carbocycles. The van der Waals surface area contributed by atoms with Crippen molar-refractivity contribution in [3.05, 3.63) is 0 Å². The molecule has 5 heteroatoms. The van der Waals surface area contributed by atoms with Crippen molar-refractivity contribution in [3.63, 3.8) is 0 Å². The van der Waals surface area contributed by atoms with Crippen LogP contribution in [0, 0.1) is 5.92 Å². The smallest absolute Gasteiger partial charge is 0.191 e. The summed E-state index contributed by atoms with van der Waals surface area (Å²) in [4.78, 5) is 9.29. The van der Waals surface area contributed by atoms with Crippen molar-refractivity contribution in [2.75, 3.05) is 50.8 Å². The van der Waals surface area contributed by atoms with E-state index in [4.69, 9.17) is 5.73 Å². The molecule has 104 valence electrons. The second-order valence-corrected chi connectivity index (χ2v) is 6.61. The highest BCUT2D eigenvalue weighted by atomic mass is 32.2. The second kappa shape index (κ2) is 7.24. The molecule has 0 amide bonds. The second-order valence-electron chi connectivity index (χ2n) is 5.39. The van der Waals surface area contributed by atoms with Gasteiger partial charge in [-0.2, -0.15) is 11.8 Å². The fourth-order valence-electron chi connectivity index (χ4n) is 2.63. The van der Waals surface area contributed by atoms with Gasteiger partial charge in [-0.25, -0.2) is 0 Å². The van der Waals surface area contributed by atoms with Gasteiger partial charge in [-0.05, 0) is 18.8 Å². The van der Waals surface area contributed by atoms with Crippen LogP contribution in [0.15, 0.2) is 4.99 Å². The highest BCUT2D eigenvalue weighted by molar-refractivity contribution is 7.99. The van der Waals surface area contributed by atoms with Crippen LogP contribution < -0.4 is 5.73 Å². The fraction of sp³-hybridized carbons (Fsp3) is 0.923. The zero-order chi connectivity index (χ0) is 12.8. The van der Waals surface area contributed by atoms with Crippen LogP contribution >= 0.6 is 11.8 Å². The van der Waals surface area contributed by atoms with Crippen molar-refractivity contribution < 1.29 is 0 Å². The van der Waals surface area contributed by atoms with Crippen molar-refractivity contribution in [3.8, 4) is 0 Å². The maximum Gasteiger partial charge on any atom is 0.191 e. The van der Waals surface area contributed by atoms with E-state index in [1.807, 2.05) is 0 Å². The van der Waals surface area contributed by atoms with E-state index in [9.17, 15) is 0 Å². The van der Waals surface area contributed by atoms with E-state index in [2.05, 4.69) is 33.5 Å². The van der Waals surface area contributed by atoms with E-state index in [1.165, 1.54) is 37.4 Å². The quantitative estimate of drug-likeness (QED) is 0.616. The third-order valence-electron chi connectivity index (χ3n) is 3.77. The summed E-state index contributed by atoms with van der Waals surface area (Å²) >= 11 is 2.05. The van der Waals surface area contributed by atoms with Gasteiger partial charge in [-0.3, -0.25) is 9.89 Å². The molecule has 2 fully saturated rings. The van der Waals surface area contributed by atoms with E-state index in [1.54, 1.807) is 0 Å². The summed E-state index contributed by atoms with van der Waals surface area (Å²) in [5.41, 5.74) is 6.08. The first-order chi connectivity index (χ1) is 8.75. The Hall–Kier alpha value is -0.420. The summed E-state index contributed by atoms with van der Waals surface area (Å²) in [5, 5.41) is 0. The van der Waals surface area contributed by atoms with Crippen LogP contribution in [0.5, 0.6) is 0 Å². The van der Waals surface area contributed by atoms with Crippen molar-refractivity contribution >= 4 is 17.7 Å². The summed E-state index contributed by atoms with van der Waals surface area (Å²) < 4.78 is 0. The average Bonchev–Trinajstić information content (AvgIpc) is 2.40. The van der Waals surface area contributed by atoms with E-state index < -0.39 is 0 Å². The number of guanidine groups is 1. The van der Waals surface area contributed by atoms with Gasteiger partial charge < -0.3 is 10.6 Å². The molecular formula is C13H26N4S. The first kappa shape index (κ1) is 14.0. The molecule has 2 saturated heterocycles. The number of nitrogens with two attached hydrogens (primary N) is 1. The molecule has 0 saturated carbocycles. The molecule has 2 aliphatic rings. The lowest BCUT2D eigenvalue weighted by Crippen LogP contribution is -2.44. The third-order valence-corrected chi connectivity index (χ3v) is 4.72. The van der Waals surface area contributed by atoms with Gasteiger partial charge in [0.25, 0.3) is 0 Å².